The van der Waals surface area contributed by atoms with E-state index in [9.17, 15) is 13.2 Å². The summed E-state index contributed by atoms with van der Waals surface area (Å²) in [7, 11) is -0.631. The number of rotatable bonds is 5. The molecule has 2 saturated heterocycles. The van der Waals surface area contributed by atoms with Crippen molar-refractivity contribution in [3.63, 3.8) is 0 Å². The van der Waals surface area contributed by atoms with Crippen LogP contribution in [-0.4, -0.2) is 63.9 Å². The van der Waals surface area contributed by atoms with E-state index < -0.39 is 10.0 Å². The molecule has 31 heavy (non-hydrogen) atoms. The molecule has 8 heteroatoms. The number of amides is 1. The first-order valence-electron chi connectivity index (χ1n) is 11.4. The van der Waals surface area contributed by atoms with Crippen LogP contribution in [0.15, 0.2) is 23.1 Å². The second-order valence-electron chi connectivity index (χ2n) is 9.07. The van der Waals surface area contributed by atoms with E-state index in [-0.39, 0.29) is 16.7 Å². The van der Waals surface area contributed by atoms with Crippen molar-refractivity contribution in [2.45, 2.75) is 49.8 Å². The van der Waals surface area contributed by atoms with Crippen LogP contribution in [-0.2, 0) is 14.8 Å². The van der Waals surface area contributed by atoms with Gasteiger partial charge in [0.1, 0.15) is 0 Å². The molecule has 7 nitrogen and oxygen atoms in total. The summed E-state index contributed by atoms with van der Waals surface area (Å²) in [6, 6.07) is 4.65. The van der Waals surface area contributed by atoms with Gasteiger partial charge >= 0.3 is 0 Å². The summed E-state index contributed by atoms with van der Waals surface area (Å²) in [6.45, 7) is 2.50. The van der Waals surface area contributed by atoms with Gasteiger partial charge in [-0.3, -0.25) is 4.79 Å². The van der Waals surface area contributed by atoms with Gasteiger partial charge in [-0.1, -0.05) is 19.3 Å². The lowest BCUT2D eigenvalue weighted by Gasteiger charge is -2.43. The van der Waals surface area contributed by atoms with Crippen LogP contribution in [0.3, 0.4) is 0 Å². The fraction of sp³-hybridized carbons (Fsp3) is 0.696. The molecule has 0 spiro atoms. The van der Waals surface area contributed by atoms with Gasteiger partial charge in [-0.25, -0.2) is 8.42 Å². The van der Waals surface area contributed by atoms with Crippen LogP contribution in [0.2, 0.25) is 0 Å². The summed E-state index contributed by atoms with van der Waals surface area (Å²) in [5.41, 5.74) is 0. The molecule has 1 aromatic carbocycles. The minimum atomic E-state index is -3.64. The normalized spacial score (nSPS) is 25.7. The van der Waals surface area contributed by atoms with Gasteiger partial charge in [0.25, 0.3) is 0 Å². The number of sulfonamides is 1. The lowest BCUT2D eigenvalue weighted by molar-refractivity contribution is -0.139. The molecular formula is C23H34N2O5S. The monoisotopic (exact) mass is 450 g/mol. The first-order chi connectivity index (χ1) is 14.9. The van der Waals surface area contributed by atoms with Gasteiger partial charge in [0, 0.05) is 38.2 Å². The predicted octanol–water partition coefficient (Wildman–Crippen LogP) is 3.14. The van der Waals surface area contributed by atoms with Gasteiger partial charge in [0.2, 0.25) is 15.9 Å². The minimum absolute atomic E-state index is 0.0722. The number of carbonyl (C=O) groups excluding carboxylic acids is 1. The maximum atomic E-state index is 13.1. The molecule has 1 aromatic rings. The highest BCUT2D eigenvalue weighted by Crippen LogP contribution is 2.37. The number of likely N-dealkylation sites (tertiary alicyclic amines) is 1. The zero-order valence-electron chi connectivity index (χ0n) is 18.6. The lowest BCUT2D eigenvalue weighted by atomic mass is 9.75. The molecule has 2 heterocycles. The summed E-state index contributed by atoms with van der Waals surface area (Å²) in [6.07, 6.45) is 7.47. The van der Waals surface area contributed by atoms with E-state index >= 15 is 0 Å². The van der Waals surface area contributed by atoms with Gasteiger partial charge < -0.3 is 14.4 Å². The fourth-order valence-corrected chi connectivity index (χ4v) is 7.01. The maximum Gasteiger partial charge on any atom is 0.243 e. The molecule has 172 valence electrons. The van der Waals surface area contributed by atoms with Crippen molar-refractivity contribution in [1.82, 2.24) is 9.21 Å². The highest BCUT2D eigenvalue weighted by molar-refractivity contribution is 7.89. The quantitative estimate of drug-likeness (QED) is 0.689. The zero-order chi connectivity index (χ0) is 22.0. The van der Waals surface area contributed by atoms with Crippen LogP contribution in [0, 0.1) is 17.8 Å². The highest BCUT2D eigenvalue weighted by Gasteiger charge is 2.38. The Kier molecular flexibility index (Phi) is 6.77. The average Bonchev–Trinajstić information content (AvgIpc) is 2.82. The number of hydrogen-bond donors (Lipinski definition) is 0. The standard InChI is InChI=1S/C23H34N2O5S/c1-29-21-8-7-20(15-22(21)30-2)31(27,28)25-13-10-18(11-14-25)23(26)24-12-9-17-5-3-4-6-19(17)16-24/h7-8,15,17-19H,3-6,9-14,16H2,1-2H3/t17-,19+/m1/s1. The maximum absolute atomic E-state index is 13.1. The Balaban J connectivity index is 1.37. The van der Waals surface area contributed by atoms with Crippen LogP contribution >= 0.6 is 0 Å². The topological polar surface area (TPSA) is 76.2 Å². The van der Waals surface area contributed by atoms with Gasteiger partial charge in [-0.2, -0.15) is 4.31 Å². The Bertz CT molecular complexity index is 895. The molecule has 2 atom stereocenters. The van der Waals surface area contributed by atoms with Gasteiger partial charge in [0.05, 0.1) is 19.1 Å². The molecule has 0 aromatic heterocycles. The molecular weight excluding hydrogens is 416 g/mol. The van der Waals surface area contributed by atoms with Crippen LogP contribution in [0.25, 0.3) is 0 Å². The van der Waals surface area contributed by atoms with Crippen LogP contribution in [0.5, 0.6) is 11.5 Å². The van der Waals surface area contributed by atoms with E-state index in [0.29, 0.717) is 43.3 Å². The lowest BCUT2D eigenvalue weighted by Crippen LogP contribution is -2.49. The summed E-state index contributed by atoms with van der Waals surface area (Å²) in [5, 5.41) is 0. The summed E-state index contributed by atoms with van der Waals surface area (Å²) >= 11 is 0. The van der Waals surface area contributed by atoms with Crippen molar-refractivity contribution in [3.8, 4) is 11.5 Å². The molecule has 3 fully saturated rings. The number of carbonyl (C=O) groups is 1. The second kappa shape index (κ2) is 9.36. The Morgan fingerprint density at radius 1 is 0.903 bits per heavy atom. The van der Waals surface area contributed by atoms with Gasteiger partial charge in [-0.05, 0) is 49.7 Å². The number of hydrogen-bond acceptors (Lipinski definition) is 5. The molecule has 1 saturated carbocycles. The van der Waals surface area contributed by atoms with Crippen molar-refractivity contribution in [2.75, 3.05) is 40.4 Å². The van der Waals surface area contributed by atoms with E-state index in [4.69, 9.17) is 9.47 Å². The third-order valence-electron chi connectivity index (χ3n) is 7.40. The van der Waals surface area contributed by atoms with E-state index in [1.165, 1.54) is 50.3 Å². The highest BCUT2D eigenvalue weighted by atomic mass is 32.2. The first-order valence-corrected chi connectivity index (χ1v) is 12.9. The number of fused-ring (bicyclic) bond motifs is 1. The molecule has 1 aliphatic carbocycles. The predicted molar refractivity (Wildman–Crippen MR) is 118 cm³/mol. The molecule has 0 bridgehead atoms. The zero-order valence-corrected chi connectivity index (χ0v) is 19.4. The van der Waals surface area contributed by atoms with E-state index in [2.05, 4.69) is 4.90 Å². The van der Waals surface area contributed by atoms with Crippen LogP contribution in [0.1, 0.15) is 44.9 Å². The first kappa shape index (κ1) is 22.4. The molecule has 1 amide bonds. The third-order valence-corrected chi connectivity index (χ3v) is 9.29. The van der Waals surface area contributed by atoms with E-state index in [1.54, 1.807) is 12.1 Å². The summed E-state index contributed by atoms with van der Waals surface area (Å²) in [5.74, 6) is 2.50. The molecule has 2 aliphatic heterocycles. The van der Waals surface area contributed by atoms with E-state index in [1.807, 2.05) is 0 Å². The Labute approximate surface area is 185 Å². The molecule has 0 unspecified atom stereocenters. The number of piperidine rings is 2. The van der Waals surface area contributed by atoms with Crippen molar-refractivity contribution in [3.05, 3.63) is 18.2 Å². The third kappa shape index (κ3) is 4.55. The van der Waals surface area contributed by atoms with Gasteiger partial charge in [0.15, 0.2) is 11.5 Å². The van der Waals surface area contributed by atoms with Gasteiger partial charge in [-0.15, -0.1) is 0 Å². The minimum Gasteiger partial charge on any atom is -0.493 e. The van der Waals surface area contributed by atoms with Crippen LogP contribution < -0.4 is 9.47 Å². The van der Waals surface area contributed by atoms with Crippen molar-refractivity contribution in [2.24, 2.45) is 17.8 Å². The van der Waals surface area contributed by atoms with Crippen LogP contribution in [0.4, 0.5) is 0 Å². The number of methoxy groups -OCH3 is 2. The average molecular weight is 451 g/mol. The number of benzene rings is 1. The largest absolute Gasteiger partial charge is 0.493 e. The summed E-state index contributed by atoms with van der Waals surface area (Å²) in [4.78, 5) is 15.4. The van der Waals surface area contributed by atoms with E-state index in [0.717, 1.165) is 25.4 Å². The number of ether oxygens (including phenoxy) is 2. The molecule has 0 N–H and O–H groups in total. The SMILES string of the molecule is COc1ccc(S(=O)(=O)N2CCC(C(=O)N3CC[C@H]4CCCC[C@H]4C3)CC2)cc1OC. The Morgan fingerprint density at radius 3 is 2.26 bits per heavy atom. The summed E-state index contributed by atoms with van der Waals surface area (Å²) < 4.78 is 38.2. The Hall–Kier alpha value is -1.80. The van der Waals surface area contributed by atoms with Crippen molar-refractivity contribution >= 4 is 15.9 Å². The smallest absolute Gasteiger partial charge is 0.243 e. The van der Waals surface area contributed by atoms with Crippen molar-refractivity contribution < 1.29 is 22.7 Å². The molecule has 3 aliphatic rings. The fourth-order valence-electron chi connectivity index (χ4n) is 5.53. The second-order valence-corrected chi connectivity index (χ2v) is 11.0. The molecule has 4 rings (SSSR count). The molecule has 0 radical (unpaired) electrons. The Morgan fingerprint density at radius 2 is 1.58 bits per heavy atom. The number of nitrogens with zero attached hydrogens (tertiary/aromatic N) is 2. The van der Waals surface area contributed by atoms with Crippen molar-refractivity contribution in [1.29, 1.82) is 0 Å².